The van der Waals surface area contributed by atoms with E-state index in [-0.39, 0.29) is 29.0 Å². The Balaban J connectivity index is 1.54. The first-order valence-corrected chi connectivity index (χ1v) is 12.1. The lowest BCUT2D eigenvalue weighted by molar-refractivity contribution is -0.145. The quantitative estimate of drug-likeness (QED) is 0.561. The molecule has 3 N–H and O–H groups in total. The summed E-state index contributed by atoms with van der Waals surface area (Å²) in [7, 11) is 0. The van der Waals surface area contributed by atoms with E-state index in [1.54, 1.807) is 0 Å². The lowest BCUT2D eigenvalue weighted by Crippen LogP contribution is -2.54. The van der Waals surface area contributed by atoms with Crippen molar-refractivity contribution < 1.29 is 19.8 Å². The van der Waals surface area contributed by atoms with Gasteiger partial charge in [0.2, 0.25) is 5.78 Å². The van der Waals surface area contributed by atoms with E-state index < -0.39 is 11.6 Å². The van der Waals surface area contributed by atoms with Crippen LogP contribution in [0.4, 0.5) is 5.69 Å². The number of ketones is 1. The number of fused-ring (bicyclic) bond motifs is 4. The van der Waals surface area contributed by atoms with Crippen LogP contribution >= 0.6 is 0 Å². The average molecular weight is 438 g/mol. The molecule has 0 spiro atoms. The summed E-state index contributed by atoms with van der Waals surface area (Å²) in [5.41, 5.74) is 1.01. The molecule has 172 valence electrons. The Morgan fingerprint density at radius 1 is 1.09 bits per heavy atom. The minimum atomic E-state index is -0.767. The molecule has 1 aromatic carbocycles. The van der Waals surface area contributed by atoms with Gasteiger partial charge in [-0.15, -0.1) is 0 Å². The second-order valence-electron chi connectivity index (χ2n) is 11.4. The van der Waals surface area contributed by atoms with Gasteiger partial charge in [-0.1, -0.05) is 32.1 Å². The molecule has 0 bridgehead atoms. The van der Waals surface area contributed by atoms with Gasteiger partial charge in [-0.25, -0.2) is 0 Å². The zero-order valence-electron chi connectivity index (χ0n) is 19.4. The van der Waals surface area contributed by atoms with Crippen LogP contribution in [-0.4, -0.2) is 27.6 Å². The van der Waals surface area contributed by atoms with Crippen molar-refractivity contribution in [1.29, 1.82) is 0 Å². The number of carbonyl (C=O) groups is 2. The lowest BCUT2D eigenvalue weighted by atomic mass is 9.46. The summed E-state index contributed by atoms with van der Waals surface area (Å²) in [4.78, 5) is 24.9. The van der Waals surface area contributed by atoms with E-state index in [2.05, 4.69) is 25.2 Å². The summed E-state index contributed by atoms with van der Waals surface area (Å²) < 4.78 is 0. The van der Waals surface area contributed by atoms with Crippen LogP contribution < -0.4 is 5.32 Å². The highest BCUT2D eigenvalue weighted by molar-refractivity contribution is 6.18. The number of aliphatic carboxylic acids is 1. The Kier molecular flexibility index (Phi) is 4.87. The van der Waals surface area contributed by atoms with Gasteiger partial charge in [0.25, 0.3) is 0 Å². The van der Waals surface area contributed by atoms with Crippen molar-refractivity contribution in [2.45, 2.75) is 71.3 Å². The molecule has 3 fully saturated rings. The Morgan fingerprint density at radius 3 is 2.53 bits per heavy atom. The van der Waals surface area contributed by atoms with E-state index in [0.717, 1.165) is 44.2 Å². The number of aliphatic hydroxyl groups is 1. The van der Waals surface area contributed by atoms with Gasteiger partial charge in [0, 0.05) is 17.7 Å². The van der Waals surface area contributed by atoms with E-state index in [1.165, 1.54) is 0 Å². The van der Waals surface area contributed by atoms with E-state index >= 15 is 0 Å². The minimum Gasteiger partial charge on any atom is -0.481 e. The first-order valence-electron chi connectivity index (χ1n) is 12.1. The first-order chi connectivity index (χ1) is 15.1. The van der Waals surface area contributed by atoms with Crippen molar-refractivity contribution >= 4 is 17.4 Å². The normalized spacial score (nSPS) is 44.0. The molecule has 3 saturated carbocycles. The van der Waals surface area contributed by atoms with Crippen molar-refractivity contribution in [3.8, 4) is 0 Å². The van der Waals surface area contributed by atoms with Crippen LogP contribution in [0.1, 0.15) is 76.1 Å². The molecule has 32 heavy (non-hydrogen) atoms. The fourth-order valence-electron chi connectivity index (χ4n) is 8.02. The molecule has 0 unspecified atom stereocenters. The van der Waals surface area contributed by atoms with Gasteiger partial charge in [0.1, 0.15) is 0 Å². The van der Waals surface area contributed by atoms with Crippen molar-refractivity contribution in [3.63, 3.8) is 0 Å². The highest BCUT2D eigenvalue weighted by Crippen LogP contribution is 2.67. The van der Waals surface area contributed by atoms with Crippen LogP contribution in [0.2, 0.25) is 0 Å². The Morgan fingerprint density at radius 2 is 1.81 bits per heavy atom. The van der Waals surface area contributed by atoms with Crippen molar-refractivity contribution in [2.75, 3.05) is 5.32 Å². The van der Waals surface area contributed by atoms with Gasteiger partial charge in [-0.2, -0.15) is 0 Å². The van der Waals surface area contributed by atoms with Crippen molar-refractivity contribution in [3.05, 3.63) is 41.6 Å². The number of benzene rings is 1. The fourth-order valence-corrected chi connectivity index (χ4v) is 8.02. The third-order valence-electron chi connectivity index (χ3n) is 10.1. The predicted molar refractivity (Wildman–Crippen MR) is 123 cm³/mol. The highest BCUT2D eigenvalue weighted by Gasteiger charge is 2.62. The molecule has 4 aliphatic rings. The van der Waals surface area contributed by atoms with Crippen LogP contribution in [0.15, 0.2) is 36.0 Å². The number of anilines is 1. The largest absolute Gasteiger partial charge is 0.481 e. The first kappa shape index (κ1) is 21.7. The summed E-state index contributed by atoms with van der Waals surface area (Å²) in [6, 6.07) is 7.56. The van der Waals surface area contributed by atoms with Gasteiger partial charge in [0.05, 0.1) is 11.3 Å². The second kappa shape index (κ2) is 7.18. The number of carbonyl (C=O) groups excluding carboxylic acids is 1. The number of nitrogens with one attached hydrogen (secondary N) is 1. The fraction of sp³-hybridized carbons (Fsp3) is 0.630. The summed E-state index contributed by atoms with van der Waals surface area (Å²) in [5, 5.41) is 24.2. The number of hydrogen-bond donors (Lipinski definition) is 3. The summed E-state index contributed by atoms with van der Waals surface area (Å²) in [6.45, 7) is 6.46. The maximum Gasteiger partial charge on any atom is 0.303 e. The van der Waals surface area contributed by atoms with Crippen LogP contribution in [0, 0.1) is 34.5 Å². The third-order valence-corrected chi connectivity index (χ3v) is 10.1. The third kappa shape index (κ3) is 3.00. The number of para-hydroxylation sites is 1. The molecule has 0 saturated heterocycles. The van der Waals surface area contributed by atoms with E-state index in [0.29, 0.717) is 29.0 Å². The molecular formula is C27H35NO4. The average Bonchev–Trinajstić information content (AvgIpc) is 3.17. The topological polar surface area (TPSA) is 86.6 Å². The van der Waals surface area contributed by atoms with Gasteiger partial charge in [0.15, 0.2) is 0 Å². The SMILES string of the molecule is C[C@]1(C=C2Nc3ccccc3C2=O)[C@@H](CC(=O)O)CC[C@@H]2[C@@H]1CC[C@@]1(C)[C@H]2CC[C@]1(C)O. The van der Waals surface area contributed by atoms with E-state index in [1.807, 2.05) is 31.2 Å². The van der Waals surface area contributed by atoms with Crippen LogP contribution in [0.25, 0.3) is 0 Å². The Hall–Kier alpha value is -2.14. The molecule has 5 heteroatoms. The molecule has 3 aliphatic carbocycles. The van der Waals surface area contributed by atoms with Crippen LogP contribution in [0.3, 0.4) is 0 Å². The molecule has 7 atom stereocenters. The van der Waals surface area contributed by atoms with Crippen LogP contribution in [0.5, 0.6) is 0 Å². The van der Waals surface area contributed by atoms with Crippen LogP contribution in [-0.2, 0) is 4.79 Å². The van der Waals surface area contributed by atoms with Gasteiger partial charge in [-0.05, 0) is 92.1 Å². The van der Waals surface area contributed by atoms with Crippen molar-refractivity contribution in [2.24, 2.45) is 34.5 Å². The zero-order valence-corrected chi connectivity index (χ0v) is 19.4. The number of Topliss-reactive ketones (excluding diaryl/α,β-unsaturated/α-hetero) is 1. The summed E-state index contributed by atoms with van der Waals surface area (Å²) in [6.07, 6.45) is 7.87. The van der Waals surface area contributed by atoms with Gasteiger partial charge >= 0.3 is 5.97 Å². The standard InChI is InChI=1S/C27H35NO4/c1-25(15-22-24(31)18-6-4-5-7-21(18)28-22)16(14-23(29)30)8-9-17-19(25)10-12-26(2)20(17)11-13-27(26,3)32/h4-7,15-17,19-20,28,32H,8-14H2,1-3H3,(H,29,30)/t16-,17-,19+,20+,25+,26+,27+/m1/s1. The monoisotopic (exact) mass is 437 g/mol. The number of hydrogen-bond acceptors (Lipinski definition) is 4. The summed E-state index contributed by atoms with van der Waals surface area (Å²) >= 11 is 0. The van der Waals surface area contributed by atoms with E-state index in [9.17, 15) is 19.8 Å². The molecule has 0 amide bonds. The molecule has 5 rings (SSSR count). The summed E-state index contributed by atoms with van der Waals surface area (Å²) in [5.74, 6) is 0.452. The lowest BCUT2D eigenvalue weighted by Gasteiger charge is -2.59. The predicted octanol–water partition coefficient (Wildman–Crippen LogP) is 5.26. The molecule has 5 nitrogen and oxygen atoms in total. The molecular weight excluding hydrogens is 402 g/mol. The number of rotatable bonds is 3. The smallest absolute Gasteiger partial charge is 0.303 e. The van der Waals surface area contributed by atoms with Crippen molar-refractivity contribution in [1.82, 2.24) is 0 Å². The maximum atomic E-state index is 13.1. The molecule has 1 heterocycles. The van der Waals surface area contributed by atoms with E-state index in [4.69, 9.17) is 0 Å². The number of carboxylic acid groups (broad SMARTS) is 1. The molecule has 1 aliphatic heterocycles. The van der Waals surface area contributed by atoms with Gasteiger partial charge < -0.3 is 15.5 Å². The zero-order chi connectivity index (χ0) is 22.9. The minimum absolute atomic E-state index is 0.00154. The molecule has 0 radical (unpaired) electrons. The second-order valence-corrected chi connectivity index (χ2v) is 11.4. The van der Waals surface area contributed by atoms with Gasteiger partial charge in [-0.3, -0.25) is 9.59 Å². The maximum absolute atomic E-state index is 13.1. The number of allylic oxidation sites excluding steroid dienone is 2. The highest BCUT2D eigenvalue weighted by atomic mass is 16.4. The Bertz CT molecular complexity index is 997. The molecule has 0 aromatic heterocycles. The number of carboxylic acids is 1. The Labute approximate surface area is 190 Å². The molecule has 1 aromatic rings.